The summed E-state index contributed by atoms with van der Waals surface area (Å²) in [6.45, 7) is 8.00. The van der Waals surface area contributed by atoms with Crippen LogP contribution >= 0.6 is 0 Å². The normalized spacial score (nSPS) is 26.2. The van der Waals surface area contributed by atoms with E-state index < -0.39 is 0 Å². The monoisotopic (exact) mass is 335 g/mol. The molecule has 3 amide bonds. The van der Waals surface area contributed by atoms with Gasteiger partial charge in [-0.1, -0.05) is 6.92 Å². The van der Waals surface area contributed by atoms with Gasteiger partial charge in [0.25, 0.3) is 0 Å². The Morgan fingerprint density at radius 3 is 1.96 bits per heavy atom. The summed E-state index contributed by atoms with van der Waals surface area (Å²) in [7, 11) is 0. The van der Waals surface area contributed by atoms with Gasteiger partial charge in [-0.25, -0.2) is 0 Å². The Labute approximate surface area is 144 Å². The predicted octanol–water partition coefficient (Wildman–Crippen LogP) is 0.962. The summed E-state index contributed by atoms with van der Waals surface area (Å²) in [6.07, 6.45) is 3.88. The largest absolute Gasteiger partial charge is 0.342 e. The van der Waals surface area contributed by atoms with Gasteiger partial charge in [-0.3, -0.25) is 14.4 Å². The fourth-order valence-electron chi connectivity index (χ4n) is 4.14. The predicted molar refractivity (Wildman–Crippen MR) is 90.0 cm³/mol. The highest BCUT2D eigenvalue weighted by Gasteiger charge is 2.38. The third-order valence-corrected chi connectivity index (χ3v) is 5.80. The number of amides is 3. The van der Waals surface area contributed by atoms with Gasteiger partial charge in [0.15, 0.2) is 0 Å². The van der Waals surface area contributed by atoms with E-state index in [0.717, 1.165) is 32.4 Å². The quantitative estimate of drug-likeness (QED) is 0.755. The number of nitrogens with zero attached hydrogens (tertiary/aromatic N) is 3. The first-order valence-electron chi connectivity index (χ1n) is 9.28. The fraction of sp³-hybridized carbons (Fsp3) is 0.833. The van der Waals surface area contributed by atoms with Crippen molar-refractivity contribution in [1.29, 1.82) is 0 Å². The molecule has 3 aliphatic heterocycles. The van der Waals surface area contributed by atoms with Crippen molar-refractivity contribution in [3.8, 4) is 0 Å². The van der Waals surface area contributed by atoms with E-state index in [-0.39, 0.29) is 23.7 Å². The van der Waals surface area contributed by atoms with Crippen LogP contribution in [0.2, 0.25) is 0 Å². The molecule has 0 saturated carbocycles. The number of piperidine rings is 2. The number of likely N-dealkylation sites (tertiary alicyclic amines) is 3. The second-order valence-corrected chi connectivity index (χ2v) is 7.75. The Bertz CT molecular complexity index is 508. The summed E-state index contributed by atoms with van der Waals surface area (Å²) in [5.41, 5.74) is 0. The lowest BCUT2D eigenvalue weighted by molar-refractivity contribution is -0.150. The Kier molecular flexibility index (Phi) is 5.11. The molecule has 134 valence electrons. The summed E-state index contributed by atoms with van der Waals surface area (Å²) >= 11 is 0. The molecule has 0 spiro atoms. The highest BCUT2D eigenvalue weighted by atomic mass is 16.2. The maximum absolute atomic E-state index is 12.7. The van der Waals surface area contributed by atoms with Crippen molar-refractivity contribution in [3.63, 3.8) is 0 Å². The zero-order valence-corrected chi connectivity index (χ0v) is 14.9. The molecule has 0 aromatic carbocycles. The topological polar surface area (TPSA) is 60.9 Å². The van der Waals surface area contributed by atoms with E-state index in [1.54, 1.807) is 11.8 Å². The van der Waals surface area contributed by atoms with Crippen molar-refractivity contribution >= 4 is 17.7 Å². The average molecular weight is 335 g/mol. The van der Waals surface area contributed by atoms with Gasteiger partial charge in [0.05, 0.1) is 5.92 Å². The van der Waals surface area contributed by atoms with E-state index in [9.17, 15) is 14.4 Å². The van der Waals surface area contributed by atoms with Gasteiger partial charge in [-0.2, -0.15) is 0 Å². The summed E-state index contributed by atoms with van der Waals surface area (Å²) < 4.78 is 0. The minimum atomic E-state index is -0.0379. The van der Waals surface area contributed by atoms with Crippen molar-refractivity contribution in [3.05, 3.63) is 0 Å². The zero-order chi connectivity index (χ0) is 17.3. The molecule has 3 aliphatic rings. The molecule has 3 rings (SSSR count). The Morgan fingerprint density at radius 2 is 1.38 bits per heavy atom. The van der Waals surface area contributed by atoms with Gasteiger partial charge in [0.2, 0.25) is 17.7 Å². The zero-order valence-electron chi connectivity index (χ0n) is 14.9. The maximum Gasteiger partial charge on any atom is 0.229 e. The van der Waals surface area contributed by atoms with Gasteiger partial charge < -0.3 is 14.7 Å². The van der Waals surface area contributed by atoms with Crippen molar-refractivity contribution in [2.45, 2.75) is 39.5 Å². The van der Waals surface area contributed by atoms with Gasteiger partial charge >= 0.3 is 0 Å². The summed E-state index contributed by atoms with van der Waals surface area (Å²) in [6, 6.07) is 0. The maximum atomic E-state index is 12.7. The molecule has 6 nitrogen and oxygen atoms in total. The van der Waals surface area contributed by atoms with Crippen molar-refractivity contribution in [1.82, 2.24) is 14.7 Å². The van der Waals surface area contributed by atoms with Gasteiger partial charge in [0, 0.05) is 52.1 Å². The van der Waals surface area contributed by atoms with Crippen LogP contribution in [0.5, 0.6) is 0 Å². The van der Waals surface area contributed by atoms with Crippen molar-refractivity contribution in [2.75, 3.05) is 39.3 Å². The third-order valence-electron chi connectivity index (χ3n) is 5.80. The second kappa shape index (κ2) is 7.11. The number of carbonyl (C=O) groups excluding carboxylic acids is 3. The molecule has 0 N–H and O–H groups in total. The molecule has 3 fully saturated rings. The molecule has 0 bridgehead atoms. The SMILES string of the molecule is CC(=O)N1CC(C(=O)N2CCC(C(=O)N3CCC[C@@H](C)C3)CC2)C1. The second-order valence-electron chi connectivity index (χ2n) is 7.75. The standard InChI is InChI=1S/C18H29N3O3/c1-13-4-3-7-20(10-13)17(23)15-5-8-19(9-6-15)18(24)16-11-21(12-16)14(2)22/h13,15-16H,3-12H2,1-2H3/t13-/m1/s1. The van der Waals surface area contributed by atoms with Gasteiger partial charge in [-0.05, 0) is 31.6 Å². The van der Waals surface area contributed by atoms with E-state index in [0.29, 0.717) is 38.0 Å². The Hall–Kier alpha value is -1.59. The third kappa shape index (κ3) is 3.57. The van der Waals surface area contributed by atoms with E-state index in [4.69, 9.17) is 0 Å². The molecular formula is C18H29N3O3. The van der Waals surface area contributed by atoms with E-state index in [1.807, 2.05) is 9.80 Å². The molecule has 0 aliphatic carbocycles. The minimum absolute atomic E-state index is 0.0379. The summed E-state index contributed by atoms with van der Waals surface area (Å²) in [5, 5.41) is 0. The molecule has 0 unspecified atom stereocenters. The molecule has 0 aromatic heterocycles. The van der Waals surface area contributed by atoms with Crippen LogP contribution in [0.3, 0.4) is 0 Å². The first-order valence-corrected chi connectivity index (χ1v) is 9.28. The molecule has 3 saturated heterocycles. The van der Waals surface area contributed by atoms with Crippen LogP contribution in [-0.4, -0.2) is 71.7 Å². The molecule has 6 heteroatoms. The number of hydrogen-bond acceptors (Lipinski definition) is 3. The number of rotatable bonds is 2. The lowest BCUT2D eigenvalue weighted by atomic mass is 9.91. The number of hydrogen-bond donors (Lipinski definition) is 0. The first-order chi connectivity index (χ1) is 11.5. The first kappa shape index (κ1) is 17.2. The highest BCUT2D eigenvalue weighted by molar-refractivity contribution is 5.84. The average Bonchev–Trinajstić information content (AvgIpc) is 2.52. The molecule has 1 atom stereocenters. The lowest BCUT2D eigenvalue weighted by Gasteiger charge is -2.42. The van der Waals surface area contributed by atoms with Gasteiger partial charge in [-0.15, -0.1) is 0 Å². The van der Waals surface area contributed by atoms with Crippen LogP contribution in [0.4, 0.5) is 0 Å². The van der Waals surface area contributed by atoms with Crippen molar-refractivity contribution < 1.29 is 14.4 Å². The van der Waals surface area contributed by atoms with Crippen LogP contribution in [0, 0.1) is 17.8 Å². The van der Waals surface area contributed by atoms with Crippen LogP contribution in [-0.2, 0) is 14.4 Å². The number of carbonyl (C=O) groups is 3. The van der Waals surface area contributed by atoms with Crippen LogP contribution < -0.4 is 0 Å². The van der Waals surface area contributed by atoms with E-state index >= 15 is 0 Å². The highest BCUT2D eigenvalue weighted by Crippen LogP contribution is 2.26. The fourth-order valence-corrected chi connectivity index (χ4v) is 4.14. The van der Waals surface area contributed by atoms with E-state index in [1.165, 1.54) is 6.42 Å². The molecule has 3 heterocycles. The van der Waals surface area contributed by atoms with Crippen LogP contribution in [0.1, 0.15) is 39.5 Å². The summed E-state index contributed by atoms with van der Waals surface area (Å²) in [5.74, 6) is 1.13. The molecular weight excluding hydrogens is 306 g/mol. The smallest absolute Gasteiger partial charge is 0.229 e. The lowest BCUT2D eigenvalue weighted by Crippen LogP contribution is -2.57. The van der Waals surface area contributed by atoms with Crippen molar-refractivity contribution in [2.24, 2.45) is 17.8 Å². The Balaban J connectivity index is 1.45. The van der Waals surface area contributed by atoms with E-state index in [2.05, 4.69) is 6.92 Å². The van der Waals surface area contributed by atoms with Gasteiger partial charge in [0.1, 0.15) is 0 Å². The molecule has 0 aromatic rings. The Morgan fingerprint density at radius 1 is 0.750 bits per heavy atom. The molecule has 24 heavy (non-hydrogen) atoms. The van der Waals surface area contributed by atoms with Crippen LogP contribution in [0.15, 0.2) is 0 Å². The molecule has 0 radical (unpaired) electrons. The van der Waals surface area contributed by atoms with Crippen LogP contribution in [0.25, 0.3) is 0 Å². The minimum Gasteiger partial charge on any atom is -0.342 e. The summed E-state index contributed by atoms with van der Waals surface area (Å²) in [4.78, 5) is 42.0.